The Morgan fingerprint density at radius 2 is 2.24 bits per heavy atom. The second kappa shape index (κ2) is 5.89. The molecule has 0 saturated carbocycles. The van der Waals surface area contributed by atoms with Gasteiger partial charge in [0.05, 0.1) is 17.6 Å². The standard InChI is InChI=1S/C12H13ClN2OS/c1-16-9-2-5-12(15-8-9)14-7-6-10-3-4-11(13)17-10/h2-5,8H,6-7H2,1H3,(H,14,15). The van der Waals surface area contributed by atoms with Gasteiger partial charge in [-0.3, -0.25) is 0 Å². The smallest absolute Gasteiger partial charge is 0.137 e. The molecule has 0 spiro atoms. The molecule has 0 saturated heterocycles. The van der Waals surface area contributed by atoms with Crippen molar-refractivity contribution in [3.63, 3.8) is 0 Å². The highest BCUT2D eigenvalue weighted by Crippen LogP contribution is 2.21. The lowest BCUT2D eigenvalue weighted by atomic mass is 10.3. The summed E-state index contributed by atoms with van der Waals surface area (Å²) in [4.78, 5) is 5.50. The number of hydrogen-bond donors (Lipinski definition) is 1. The Kier molecular flexibility index (Phi) is 4.23. The van der Waals surface area contributed by atoms with Crippen LogP contribution in [-0.2, 0) is 6.42 Å². The van der Waals surface area contributed by atoms with E-state index in [2.05, 4.69) is 16.4 Å². The van der Waals surface area contributed by atoms with E-state index in [1.807, 2.05) is 18.2 Å². The topological polar surface area (TPSA) is 34.1 Å². The van der Waals surface area contributed by atoms with Gasteiger partial charge in [-0.15, -0.1) is 11.3 Å². The van der Waals surface area contributed by atoms with Crippen molar-refractivity contribution in [2.45, 2.75) is 6.42 Å². The molecule has 0 atom stereocenters. The molecule has 0 radical (unpaired) electrons. The fourth-order valence-corrected chi connectivity index (χ4v) is 2.49. The number of methoxy groups -OCH3 is 1. The molecule has 0 fully saturated rings. The first-order valence-electron chi connectivity index (χ1n) is 5.26. The predicted octanol–water partition coefficient (Wildman–Crippen LogP) is 3.46. The maximum Gasteiger partial charge on any atom is 0.137 e. The number of hydrogen-bond acceptors (Lipinski definition) is 4. The number of aromatic nitrogens is 1. The molecular formula is C12H13ClN2OS. The summed E-state index contributed by atoms with van der Waals surface area (Å²) in [6, 6.07) is 7.76. The van der Waals surface area contributed by atoms with Crippen molar-refractivity contribution >= 4 is 28.8 Å². The number of rotatable bonds is 5. The van der Waals surface area contributed by atoms with Crippen LogP contribution in [0.1, 0.15) is 4.88 Å². The van der Waals surface area contributed by atoms with Gasteiger partial charge in [0.1, 0.15) is 11.6 Å². The Balaban J connectivity index is 1.81. The molecule has 0 aliphatic carbocycles. The van der Waals surface area contributed by atoms with E-state index in [-0.39, 0.29) is 0 Å². The molecule has 5 heteroatoms. The molecule has 90 valence electrons. The van der Waals surface area contributed by atoms with Gasteiger partial charge in [-0.05, 0) is 30.7 Å². The van der Waals surface area contributed by atoms with E-state index in [0.717, 1.165) is 28.9 Å². The zero-order valence-corrected chi connectivity index (χ0v) is 11.0. The van der Waals surface area contributed by atoms with Crippen LogP contribution in [0.25, 0.3) is 0 Å². The molecule has 0 aliphatic heterocycles. The van der Waals surface area contributed by atoms with Crippen LogP contribution in [0.5, 0.6) is 5.75 Å². The molecule has 17 heavy (non-hydrogen) atoms. The van der Waals surface area contributed by atoms with Crippen LogP contribution in [0, 0.1) is 0 Å². The Morgan fingerprint density at radius 1 is 1.35 bits per heavy atom. The highest BCUT2D eigenvalue weighted by atomic mass is 35.5. The summed E-state index contributed by atoms with van der Waals surface area (Å²) >= 11 is 7.48. The van der Waals surface area contributed by atoms with E-state index < -0.39 is 0 Å². The van der Waals surface area contributed by atoms with Crippen molar-refractivity contribution in [1.29, 1.82) is 0 Å². The van der Waals surface area contributed by atoms with Gasteiger partial charge in [-0.2, -0.15) is 0 Å². The SMILES string of the molecule is COc1ccc(NCCc2ccc(Cl)s2)nc1. The lowest BCUT2D eigenvalue weighted by Crippen LogP contribution is -2.05. The average molecular weight is 269 g/mol. The minimum Gasteiger partial charge on any atom is -0.495 e. The minimum absolute atomic E-state index is 0.764. The van der Waals surface area contributed by atoms with Crippen molar-refractivity contribution < 1.29 is 4.74 Å². The van der Waals surface area contributed by atoms with Crippen LogP contribution in [0.4, 0.5) is 5.82 Å². The molecule has 0 unspecified atom stereocenters. The molecule has 0 aromatic carbocycles. The molecule has 2 heterocycles. The van der Waals surface area contributed by atoms with Crippen LogP contribution in [-0.4, -0.2) is 18.6 Å². The van der Waals surface area contributed by atoms with E-state index in [0.29, 0.717) is 0 Å². The summed E-state index contributed by atoms with van der Waals surface area (Å²) in [5, 5.41) is 3.25. The first-order valence-corrected chi connectivity index (χ1v) is 6.45. The van der Waals surface area contributed by atoms with Crippen molar-refractivity contribution in [3.05, 3.63) is 39.7 Å². The highest BCUT2D eigenvalue weighted by Gasteiger charge is 1.99. The summed E-state index contributed by atoms with van der Waals surface area (Å²) in [5.74, 6) is 1.62. The molecule has 0 amide bonds. The van der Waals surface area contributed by atoms with Crippen LogP contribution in [0.2, 0.25) is 4.34 Å². The number of halogens is 1. The molecule has 2 rings (SSSR count). The van der Waals surface area contributed by atoms with E-state index in [9.17, 15) is 0 Å². The third-order valence-corrected chi connectivity index (χ3v) is 3.57. The predicted molar refractivity (Wildman–Crippen MR) is 72.3 cm³/mol. The van der Waals surface area contributed by atoms with E-state index in [4.69, 9.17) is 16.3 Å². The van der Waals surface area contributed by atoms with E-state index in [1.165, 1.54) is 4.88 Å². The normalized spacial score (nSPS) is 10.2. The molecule has 2 aromatic heterocycles. The van der Waals surface area contributed by atoms with Gasteiger partial charge in [-0.1, -0.05) is 11.6 Å². The minimum atomic E-state index is 0.764. The molecule has 2 aromatic rings. The van der Waals surface area contributed by atoms with Gasteiger partial charge >= 0.3 is 0 Å². The quantitative estimate of drug-likeness (QED) is 0.902. The summed E-state index contributed by atoms with van der Waals surface area (Å²) in [5.41, 5.74) is 0. The van der Waals surface area contributed by atoms with E-state index >= 15 is 0 Å². The number of pyridine rings is 1. The number of nitrogens with zero attached hydrogens (tertiary/aromatic N) is 1. The van der Waals surface area contributed by atoms with Gasteiger partial charge in [-0.25, -0.2) is 4.98 Å². The van der Waals surface area contributed by atoms with Gasteiger partial charge in [0.25, 0.3) is 0 Å². The first kappa shape index (κ1) is 12.2. The lowest BCUT2D eigenvalue weighted by molar-refractivity contribution is 0.413. The van der Waals surface area contributed by atoms with Crippen LogP contribution < -0.4 is 10.1 Å². The molecule has 0 bridgehead atoms. The Morgan fingerprint density at radius 3 is 2.82 bits per heavy atom. The fraction of sp³-hybridized carbons (Fsp3) is 0.250. The van der Waals surface area contributed by atoms with Crippen molar-refractivity contribution in [2.75, 3.05) is 19.0 Å². The molecular weight excluding hydrogens is 256 g/mol. The summed E-state index contributed by atoms with van der Waals surface area (Å²) in [6.07, 6.45) is 2.65. The lowest BCUT2D eigenvalue weighted by Gasteiger charge is -2.05. The zero-order valence-electron chi connectivity index (χ0n) is 9.44. The monoisotopic (exact) mass is 268 g/mol. The van der Waals surface area contributed by atoms with Crippen LogP contribution in [0.15, 0.2) is 30.5 Å². The average Bonchev–Trinajstić information content (AvgIpc) is 2.76. The van der Waals surface area contributed by atoms with Gasteiger partial charge in [0.2, 0.25) is 0 Å². The number of ether oxygens (including phenoxy) is 1. The summed E-state index contributed by atoms with van der Waals surface area (Å²) in [6.45, 7) is 0.843. The molecule has 0 aliphatic rings. The summed E-state index contributed by atoms with van der Waals surface area (Å²) in [7, 11) is 1.63. The Bertz CT molecular complexity index is 470. The maximum absolute atomic E-state index is 5.86. The van der Waals surface area contributed by atoms with E-state index in [1.54, 1.807) is 24.6 Å². The second-order valence-corrected chi connectivity index (χ2v) is 5.27. The van der Waals surface area contributed by atoms with Gasteiger partial charge in [0.15, 0.2) is 0 Å². The number of nitrogens with one attached hydrogen (secondary N) is 1. The van der Waals surface area contributed by atoms with Crippen LogP contribution in [0.3, 0.4) is 0 Å². The fourth-order valence-electron chi connectivity index (χ4n) is 1.41. The first-order chi connectivity index (χ1) is 8.28. The third-order valence-electron chi connectivity index (χ3n) is 2.28. The van der Waals surface area contributed by atoms with Gasteiger partial charge in [0, 0.05) is 11.4 Å². The molecule has 1 N–H and O–H groups in total. The largest absolute Gasteiger partial charge is 0.495 e. The Hall–Kier alpha value is -1.26. The third kappa shape index (κ3) is 3.61. The van der Waals surface area contributed by atoms with Crippen molar-refractivity contribution in [3.8, 4) is 5.75 Å². The van der Waals surface area contributed by atoms with Crippen molar-refractivity contribution in [1.82, 2.24) is 4.98 Å². The van der Waals surface area contributed by atoms with Gasteiger partial charge < -0.3 is 10.1 Å². The van der Waals surface area contributed by atoms with Crippen molar-refractivity contribution in [2.24, 2.45) is 0 Å². The highest BCUT2D eigenvalue weighted by molar-refractivity contribution is 7.16. The molecule has 3 nitrogen and oxygen atoms in total. The number of anilines is 1. The van der Waals surface area contributed by atoms with Crippen LogP contribution >= 0.6 is 22.9 Å². The Labute approximate surface area is 109 Å². The zero-order chi connectivity index (χ0) is 12.1. The number of thiophene rings is 1. The summed E-state index contributed by atoms with van der Waals surface area (Å²) < 4.78 is 5.88. The maximum atomic E-state index is 5.86. The second-order valence-electron chi connectivity index (χ2n) is 3.47.